The molecule has 0 aliphatic heterocycles. The van der Waals surface area contributed by atoms with E-state index in [4.69, 9.17) is 17.0 Å². The van der Waals surface area contributed by atoms with Gasteiger partial charge in [-0.3, -0.25) is 0 Å². The average Bonchev–Trinajstić information content (AvgIpc) is 2.71. The molecule has 1 fully saturated rings. The highest BCUT2D eigenvalue weighted by atomic mass is 32.1. The number of rotatable bonds is 4. The van der Waals surface area contributed by atoms with Gasteiger partial charge in [0.15, 0.2) is 5.11 Å². The molecule has 1 aliphatic rings. The minimum Gasteiger partial charge on any atom is -0.494 e. The van der Waals surface area contributed by atoms with Crippen molar-refractivity contribution in [2.75, 3.05) is 11.9 Å². The van der Waals surface area contributed by atoms with E-state index in [1.807, 2.05) is 31.2 Å². The maximum Gasteiger partial charge on any atom is 0.170 e. The van der Waals surface area contributed by atoms with E-state index in [1.165, 1.54) is 19.3 Å². The van der Waals surface area contributed by atoms with Gasteiger partial charge in [-0.2, -0.15) is 0 Å². The van der Waals surface area contributed by atoms with Crippen molar-refractivity contribution in [2.45, 2.75) is 46.1 Å². The molecule has 0 saturated heterocycles. The van der Waals surface area contributed by atoms with Crippen LogP contribution in [0.15, 0.2) is 24.3 Å². The highest BCUT2D eigenvalue weighted by molar-refractivity contribution is 7.80. The van der Waals surface area contributed by atoms with Crippen LogP contribution >= 0.6 is 12.2 Å². The number of benzene rings is 1. The van der Waals surface area contributed by atoms with Crippen LogP contribution in [0.3, 0.4) is 0 Å². The molecule has 4 heteroatoms. The molecule has 2 N–H and O–H groups in total. The van der Waals surface area contributed by atoms with Crippen molar-refractivity contribution >= 4 is 23.0 Å². The highest BCUT2D eigenvalue weighted by Crippen LogP contribution is 2.36. The van der Waals surface area contributed by atoms with Gasteiger partial charge >= 0.3 is 0 Å². The summed E-state index contributed by atoms with van der Waals surface area (Å²) in [5.41, 5.74) is 1.43. The molecule has 1 saturated carbocycles. The van der Waals surface area contributed by atoms with Crippen molar-refractivity contribution in [3.8, 4) is 5.75 Å². The molecular weight excluding hydrogens is 268 g/mol. The normalized spacial score (nSPS) is 20.4. The summed E-state index contributed by atoms with van der Waals surface area (Å²) >= 11 is 5.38. The number of hydrogen-bond donors (Lipinski definition) is 2. The first-order chi connectivity index (χ1) is 9.48. The third-order valence-electron chi connectivity index (χ3n) is 3.73. The van der Waals surface area contributed by atoms with Crippen molar-refractivity contribution in [3.63, 3.8) is 0 Å². The smallest absolute Gasteiger partial charge is 0.170 e. The predicted octanol–water partition coefficient (Wildman–Crippen LogP) is 3.95. The Morgan fingerprint density at radius 3 is 2.60 bits per heavy atom. The fraction of sp³-hybridized carbons (Fsp3) is 0.562. The third kappa shape index (κ3) is 4.37. The van der Waals surface area contributed by atoms with Crippen molar-refractivity contribution < 1.29 is 4.74 Å². The van der Waals surface area contributed by atoms with E-state index in [1.54, 1.807) is 0 Å². The van der Waals surface area contributed by atoms with Crippen LogP contribution < -0.4 is 15.4 Å². The van der Waals surface area contributed by atoms with Crippen molar-refractivity contribution in [1.29, 1.82) is 0 Å². The molecular formula is C16H24N2OS. The highest BCUT2D eigenvalue weighted by Gasteiger charge is 2.31. The first kappa shape index (κ1) is 15.1. The second kappa shape index (κ2) is 6.44. The molecule has 0 radical (unpaired) electrons. The summed E-state index contributed by atoms with van der Waals surface area (Å²) in [4.78, 5) is 0. The summed E-state index contributed by atoms with van der Waals surface area (Å²) < 4.78 is 5.42. The summed E-state index contributed by atoms with van der Waals surface area (Å²) in [7, 11) is 0. The molecule has 0 heterocycles. The Morgan fingerprint density at radius 1 is 1.35 bits per heavy atom. The summed E-state index contributed by atoms with van der Waals surface area (Å²) in [5, 5.41) is 7.35. The van der Waals surface area contributed by atoms with Gasteiger partial charge in [0.25, 0.3) is 0 Å². The van der Waals surface area contributed by atoms with Gasteiger partial charge in [-0.05, 0) is 68.1 Å². The Bertz CT molecular complexity index is 456. The van der Waals surface area contributed by atoms with Crippen LogP contribution in [0.5, 0.6) is 5.75 Å². The van der Waals surface area contributed by atoms with Crippen LogP contribution in [0.25, 0.3) is 0 Å². The van der Waals surface area contributed by atoms with Crippen LogP contribution in [-0.4, -0.2) is 17.8 Å². The van der Waals surface area contributed by atoms with Crippen molar-refractivity contribution in [2.24, 2.45) is 5.41 Å². The molecule has 0 bridgehead atoms. The second-order valence-corrected chi connectivity index (χ2v) is 6.57. The third-order valence-corrected chi connectivity index (χ3v) is 3.95. The molecule has 3 nitrogen and oxygen atoms in total. The molecule has 110 valence electrons. The minimum atomic E-state index is 0.437. The topological polar surface area (TPSA) is 33.3 Å². The van der Waals surface area contributed by atoms with E-state index in [9.17, 15) is 0 Å². The lowest BCUT2D eigenvalue weighted by Gasteiger charge is -2.19. The molecule has 0 amide bonds. The van der Waals surface area contributed by atoms with E-state index in [-0.39, 0.29) is 0 Å². The molecule has 0 spiro atoms. The standard InChI is InChI=1S/C16H24N2OS/c1-4-19-14-7-5-12(6-8-14)17-15(20)18-13-9-10-16(2,3)11-13/h5-8,13H,4,9-11H2,1-3H3,(H2,17,18,20). The lowest BCUT2D eigenvalue weighted by molar-refractivity contribution is 0.340. The van der Waals surface area contributed by atoms with Gasteiger partial charge in [-0.25, -0.2) is 0 Å². The molecule has 1 aromatic carbocycles. The average molecular weight is 292 g/mol. The Hall–Kier alpha value is -1.29. The quantitative estimate of drug-likeness (QED) is 0.823. The number of hydrogen-bond acceptors (Lipinski definition) is 2. The number of anilines is 1. The van der Waals surface area contributed by atoms with Crippen LogP contribution in [0.1, 0.15) is 40.0 Å². The van der Waals surface area contributed by atoms with Crippen molar-refractivity contribution in [1.82, 2.24) is 5.32 Å². The SMILES string of the molecule is CCOc1ccc(NC(=S)NC2CCC(C)(C)C2)cc1. The summed E-state index contributed by atoms with van der Waals surface area (Å²) in [5.74, 6) is 0.884. The van der Waals surface area contributed by atoms with E-state index in [0.29, 0.717) is 23.2 Å². The fourth-order valence-electron chi connectivity index (χ4n) is 2.71. The minimum absolute atomic E-state index is 0.437. The van der Waals surface area contributed by atoms with Crippen LogP contribution in [-0.2, 0) is 0 Å². The Labute approximate surface area is 127 Å². The first-order valence-electron chi connectivity index (χ1n) is 7.29. The Balaban J connectivity index is 1.82. The zero-order chi connectivity index (χ0) is 14.6. The maximum absolute atomic E-state index is 5.42. The molecule has 2 rings (SSSR count). The molecule has 1 aromatic rings. The zero-order valence-corrected chi connectivity index (χ0v) is 13.3. The summed E-state index contributed by atoms with van der Waals surface area (Å²) in [6.07, 6.45) is 3.63. The maximum atomic E-state index is 5.42. The van der Waals surface area contributed by atoms with Gasteiger partial charge in [0.1, 0.15) is 5.75 Å². The van der Waals surface area contributed by atoms with Crippen molar-refractivity contribution in [3.05, 3.63) is 24.3 Å². The lowest BCUT2D eigenvalue weighted by atomic mass is 9.92. The van der Waals surface area contributed by atoms with Gasteiger partial charge < -0.3 is 15.4 Å². The summed E-state index contributed by atoms with van der Waals surface area (Å²) in [6, 6.07) is 8.36. The molecule has 0 aromatic heterocycles. The second-order valence-electron chi connectivity index (χ2n) is 6.16. The predicted molar refractivity (Wildman–Crippen MR) is 88.4 cm³/mol. The number of thiocarbonyl (C=S) groups is 1. The van der Waals surface area contributed by atoms with Crippen LogP contribution in [0.4, 0.5) is 5.69 Å². The number of ether oxygens (including phenoxy) is 1. The van der Waals surface area contributed by atoms with Gasteiger partial charge in [-0.1, -0.05) is 13.8 Å². The zero-order valence-electron chi connectivity index (χ0n) is 12.5. The molecule has 20 heavy (non-hydrogen) atoms. The number of nitrogens with one attached hydrogen (secondary N) is 2. The first-order valence-corrected chi connectivity index (χ1v) is 7.70. The largest absolute Gasteiger partial charge is 0.494 e. The Morgan fingerprint density at radius 2 is 2.05 bits per heavy atom. The Kier molecular flexibility index (Phi) is 4.86. The van der Waals surface area contributed by atoms with Gasteiger partial charge in [0, 0.05) is 11.7 Å². The van der Waals surface area contributed by atoms with E-state index in [0.717, 1.165) is 11.4 Å². The molecule has 1 aliphatic carbocycles. The molecule has 1 atom stereocenters. The summed E-state index contributed by atoms with van der Waals surface area (Å²) in [6.45, 7) is 7.30. The van der Waals surface area contributed by atoms with E-state index < -0.39 is 0 Å². The van der Waals surface area contributed by atoms with E-state index in [2.05, 4.69) is 24.5 Å². The van der Waals surface area contributed by atoms with E-state index >= 15 is 0 Å². The van der Waals surface area contributed by atoms with Crippen LogP contribution in [0, 0.1) is 5.41 Å². The molecule has 1 unspecified atom stereocenters. The van der Waals surface area contributed by atoms with Gasteiger partial charge in [0.2, 0.25) is 0 Å². The lowest BCUT2D eigenvalue weighted by Crippen LogP contribution is -2.36. The van der Waals surface area contributed by atoms with Gasteiger partial charge in [0.05, 0.1) is 6.61 Å². The monoisotopic (exact) mass is 292 g/mol. The van der Waals surface area contributed by atoms with Crippen LogP contribution in [0.2, 0.25) is 0 Å². The fourth-order valence-corrected chi connectivity index (χ4v) is 3.00. The van der Waals surface area contributed by atoms with Gasteiger partial charge in [-0.15, -0.1) is 0 Å².